The van der Waals surface area contributed by atoms with Crippen LogP contribution in [0, 0.1) is 11.2 Å². The van der Waals surface area contributed by atoms with Crippen molar-refractivity contribution in [2.45, 2.75) is 13.3 Å². The molecule has 1 atom stereocenters. The van der Waals surface area contributed by atoms with E-state index in [4.69, 9.17) is 5.73 Å². The van der Waals surface area contributed by atoms with Crippen LogP contribution in [0.25, 0.3) is 10.9 Å². The minimum Gasteiger partial charge on any atom is -0.338 e. The van der Waals surface area contributed by atoms with Gasteiger partial charge in [-0.2, -0.15) is 0 Å². The van der Waals surface area contributed by atoms with Crippen molar-refractivity contribution in [3.8, 4) is 0 Å². The van der Waals surface area contributed by atoms with Crippen molar-refractivity contribution in [1.82, 2.24) is 9.88 Å². The lowest BCUT2D eigenvalue weighted by Crippen LogP contribution is -2.35. The van der Waals surface area contributed by atoms with Gasteiger partial charge < -0.3 is 15.6 Å². The molecule has 0 radical (unpaired) electrons. The standard InChI is InChI=1S/C16H18FN3O2.ClH/c1-16(8-18)4-5-20(9-16)15(22)12-7-14(21)19-13-3-2-10(17)6-11(12)13;/h2-3,6-7H,4-5,8-9,18H2,1H3,(H,19,21);1H. The second-order valence-electron chi connectivity index (χ2n) is 6.23. The number of nitrogens with zero attached hydrogens (tertiary/aromatic N) is 1. The first-order valence-electron chi connectivity index (χ1n) is 7.24. The molecule has 1 aromatic heterocycles. The Kier molecular flexibility index (Phi) is 4.77. The molecule has 1 fully saturated rings. The van der Waals surface area contributed by atoms with Gasteiger partial charge in [-0.3, -0.25) is 9.59 Å². The van der Waals surface area contributed by atoms with E-state index in [1.54, 1.807) is 4.90 Å². The van der Waals surface area contributed by atoms with Crippen molar-refractivity contribution < 1.29 is 9.18 Å². The number of rotatable bonds is 2. The molecule has 1 amide bonds. The average molecular weight is 340 g/mol. The topological polar surface area (TPSA) is 79.2 Å². The van der Waals surface area contributed by atoms with Crippen molar-refractivity contribution >= 4 is 29.2 Å². The maximum atomic E-state index is 13.5. The fraction of sp³-hybridized carbons (Fsp3) is 0.375. The van der Waals surface area contributed by atoms with Crippen LogP contribution in [0.2, 0.25) is 0 Å². The molecule has 1 unspecified atom stereocenters. The Morgan fingerprint density at radius 2 is 2.17 bits per heavy atom. The van der Waals surface area contributed by atoms with Gasteiger partial charge in [0, 0.05) is 30.1 Å². The maximum absolute atomic E-state index is 13.5. The summed E-state index contributed by atoms with van der Waals surface area (Å²) in [4.78, 5) is 28.8. The Morgan fingerprint density at radius 3 is 2.83 bits per heavy atom. The van der Waals surface area contributed by atoms with Crippen LogP contribution >= 0.6 is 12.4 Å². The Balaban J connectivity index is 0.00000192. The fourth-order valence-electron chi connectivity index (χ4n) is 2.94. The van der Waals surface area contributed by atoms with E-state index in [0.717, 1.165) is 6.42 Å². The van der Waals surface area contributed by atoms with E-state index in [2.05, 4.69) is 4.98 Å². The van der Waals surface area contributed by atoms with Gasteiger partial charge in [-0.1, -0.05) is 6.92 Å². The Labute approximate surface area is 139 Å². The number of likely N-dealkylation sites (tertiary alicyclic amines) is 1. The zero-order valence-corrected chi connectivity index (χ0v) is 13.6. The summed E-state index contributed by atoms with van der Waals surface area (Å²) in [7, 11) is 0. The Bertz CT molecular complexity index is 808. The average Bonchev–Trinajstić information content (AvgIpc) is 2.89. The number of fused-ring (bicyclic) bond motifs is 1. The van der Waals surface area contributed by atoms with E-state index in [1.807, 2.05) is 6.92 Å². The molecule has 23 heavy (non-hydrogen) atoms. The monoisotopic (exact) mass is 339 g/mol. The van der Waals surface area contributed by atoms with Gasteiger partial charge in [0.25, 0.3) is 5.91 Å². The van der Waals surface area contributed by atoms with Crippen LogP contribution in [0.5, 0.6) is 0 Å². The highest BCUT2D eigenvalue weighted by Gasteiger charge is 2.35. The van der Waals surface area contributed by atoms with E-state index < -0.39 is 5.82 Å². The number of hydrogen-bond donors (Lipinski definition) is 2. The number of aromatic amines is 1. The van der Waals surface area contributed by atoms with Gasteiger partial charge in [-0.15, -0.1) is 12.4 Å². The molecule has 0 bridgehead atoms. The predicted molar refractivity (Wildman–Crippen MR) is 89.5 cm³/mol. The van der Waals surface area contributed by atoms with Crippen LogP contribution in [-0.4, -0.2) is 35.4 Å². The molecule has 0 saturated carbocycles. The summed E-state index contributed by atoms with van der Waals surface area (Å²) in [5.74, 6) is -0.694. The van der Waals surface area contributed by atoms with Gasteiger partial charge in [0.15, 0.2) is 0 Å². The molecule has 1 aliphatic rings. The number of halogens is 2. The number of benzene rings is 1. The normalized spacial score (nSPS) is 20.6. The SMILES string of the molecule is CC1(CN)CCN(C(=O)c2cc(=O)[nH]c3ccc(F)cc23)C1.Cl. The van der Waals surface area contributed by atoms with E-state index in [9.17, 15) is 14.0 Å². The zero-order chi connectivity index (χ0) is 15.9. The lowest BCUT2D eigenvalue weighted by atomic mass is 9.90. The summed E-state index contributed by atoms with van der Waals surface area (Å²) in [6.07, 6.45) is 0.824. The van der Waals surface area contributed by atoms with E-state index in [-0.39, 0.29) is 34.9 Å². The molecule has 1 saturated heterocycles. The number of nitrogens with two attached hydrogens (primary N) is 1. The minimum absolute atomic E-state index is 0. The molecule has 1 aromatic carbocycles. The molecule has 5 nitrogen and oxygen atoms in total. The first-order valence-corrected chi connectivity index (χ1v) is 7.24. The van der Waals surface area contributed by atoms with Crippen LogP contribution in [-0.2, 0) is 0 Å². The number of nitrogens with one attached hydrogen (secondary N) is 1. The first kappa shape index (κ1) is 17.4. The molecule has 0 spiro atoms. The smallest absolute Gasteiger partial charge is 0.254 e. The molecule has 3 rings (SSSR count). The first-order chi connectivity index (χ1) is 10.4. The van der Waals surface area contributed by atoms with Gasteiger partial charge in [-0.05, 0) is 36.6 Å². The highest BCUT2D eigenvalue weighted by Crippen LogP contribution is 2.30. The number of carbonyl (C=O) groups is 1. The number of aromatic nitrogens is 1. The summed E-state index contributed by atoms with van der Waals surface area (Å²) >= 11 is 0. The molecule has 2 heterocycles. The van der Waals surface area contributed by atoms with Crippen molar-refractivity contribution in [2.24, 2.45) is 11.1 Å². The van der Waals surface area contributed by atoms with Crippen molar-refractivity contribution in [3.05, 3.63) is 46.0 Å². The fourth-order valence-corrected chi connectivity index (χ4v) is 2.94. The van der Waals surface area contributed by atoms with Crippen LogP contribution in [0.4, 0.5) is 4.39 Å². The van der Waals surface area contributed by atoms with Gasteiger partial charge >= 0.3 is 0 Å². The number of carbonyl (C=O) groups excluding carboxylic acids is 1. The number of pyridine rings is 1. The summed E-state index contributed by atoms with van der Waals surface area (Å²) < 4.78 is 13.5. The van der Waals surface area contributed by atoms with Gasteiger partial charge in [0.05, 0.1) is 5.56 Å². The highest BCUT2D eigenvalue weighted by molar-refractivity contribution is 6.06. The third-order valence-electron chi connectivity index (χ3n) is 4.37. The van der Waals surface area contributed by atoms with Crippen molar-refractivity contribution in [2.75, 3.05) is 19.6 Å². The summed E-state index contributed by atoms with van der Waals surface area (Å²) in [6.45, 7) is 3.68. The second-order valence-corrected chi connectivity index (χ2v) is 6.23. The number of H-pyrrole nitrogens is 1. The van der Waals surface area contributed by atoms with E-state index in [0.29, 0.717) is 30.5 Å². The predicted octanol–water partition coefficient (Wildman–Crippen LogP) is 1.90. The summed E-state index contributed by atoms with van der Waals surface area (Å²) in [5.41, 5.74) is 5.98. The van der Waals surface area contributed by atoms with Crippen LogP contribution in [0.3, 0.4) is 0 Å². The molecule has 124 valence electrons. The zero-order valence-electron chi connectivity index (χ0n) is 12.8. The third kappa shape index (κ3) is 3.23. The third-order valence-corrected chi connectivity index (χ3v) is 4.37. The van der Waals surface area contributed by atoms with Crippen LogP contribution < -0.4 is 11.3 Å². The maximum Gasteiger partial charge on any atom is 0.254 e. The molecule has 7 heteroatoms. The number of amides is 1. The Hall–Kier alpha value is -1.92. The molecule has 1 aliphatic heterocycles. The molecule has 3 N–H and O–H groups in total. The second kappa shape index (κ2) is 6.29. The van der Waals surface area contributed by atoms with Crippen molar-refractivity contribution in [3.63, 3.8) is 0 Å². The van der Waals surface area contributed by atoms with E-state index >= 15 is 0 Å². The minimum atomic E-state index is -0.443. The lowest BCUT2D eigenvalue weighted by Gasteiger charge is -2.22. The van der Waals surface area contributed by atoms with Gasteiger partial charge in [-0.25, -0.2) is 4.39 Å². The molecule has 2 aromatic rings. The molecular formula is C16H19ClFN3O2. The van der Waals surface area contributed by atoms with Gasteiger partial charge in [0.1, 0.15) is 5.82 Å². The summed E-state index contributed by atoms with van der Waals surface area (Å²) in [5, 5.41) is 0.422. The van der Waals surface area contributed by atoms with E-state index in [1.165, 1.54) is 24.3 Å². The summed E-state index contributed by atoms with van der Waals surface area (Å²) in [6, 6.07) is 5.24. The quantitative estimate of drug-likeness (QED) is 0.877. The van der Waals surface area contributed by atoms with Crippen LogP contribution in [0.15, 0.2) is 29.1 Å². The Morgan fingerprint density at radius 1 is 1.43 bits per heavy atom. The molecular weight excluding hydrogens is 321 g/mol. The highest BCUT2D eigenvalue weighted by atomic mass is 35.5. The van der Waals surface area contributed by atoms with Gasteiger partial charge in [0.2, 0.25) is 5.56 Å². The van der Waals surface area contributed by atoms with Crippen LogP contribution in [0.1, 0.15) is 23.7 Å². The molecule has 0 aliphatic carbocycles. The number of hydrogen-bond acceptors (Lipinski definition) is 3. The van der Waals surface area contributed by atoms with Crippen molar-refractivity contribution in [1.29, 1.82) is 0 Å². The largest absolute Gasteiger partial charge is 0.338 e. The lowest BCUT2D eigenvalue weighted by molar-refractivity contribution is 0.0778.